The van der Waals surface area contributed by atoms with Crippen LogP contribution in [0, 0.1) is 0 Å². The lowest BCUT2D eigenvalue weighted by Gasteiger charge is -2.24. The normalized spacial score (nSPS) is 18.0. The topological polar surface area (TPSA) is 81.7 Å². The molecule has 1 aromatic carbocycles. The molecule has 0 heterocycles. The molecule has 0 bridgehead atoms. The standard InChI is InChI=1S/C16H18F3NO5S/c1-2-24-15(21)11-7-3-6-10-14(11)26(22,23)20-12-8-4-5-9-13(12)25-16(17,18)19/h4-5,7-9,14,20H,2-3,6,10H2,1H3. The Labute approximate surface area is 149 Å². The Balaban J connectivity index is 2.30. The molecule has 0 fully saturated rings. The Hall–Kier alpha value is -2.23. The minimum absolute atomic E-state index is 0.0141. The zero-order valence-corrected chi connectivity index (χ0v) is 14.7. The number of alkyl halides is 3. The number of anilines is 1. The first kappa shape index (κ1) is 20.1. The minimum atomic E-state index is -4.97. The number of ether oxygens (including phenoxy) is 2. The van der Waals surface area contributed by atoms with Crippen LogP contribution in [-0.2, 0) is 19.6 Å². The first-order valence-electron chi connectivity index (χ1n) is 7.87. The summed E-state index contributed by atoms with van der Waals surface area (Å²) in [6.45, 7) is 1.67. The van der Waals surface area contributed by atoms with Gasteiger partial charge in [0.05, 0.1) is 17.9 Å². The number of carbonyl (C=O) groups excluding carboxylic acids is 1. The van der Waals surface area contributed by atoms with Gasteiger partial charge in [0, 0.05) is 0 Å². The van der Waals surface area contributed by atoms with Crippen LogP contribution in [0.1, 0.15) is 26.2 Å². The largest absolute Gasteiger partial charge is 0.573 e. The summed E-state index contributed by atoms with van der Waals surface area (Å²) in [5.74, 6) is -1.43. The van der Waals surface area contributed by atoms with Crippen LogP contribution >= 0.6 is 0 Å². The molecule has 144 valence electrons. The van der Waals surface area contributed by atoms with Crippen molar-refractivity contribution in [2.75, 3.05) is 11.3 Å². The van der Waals surface area contributed by atoms with Gasteiger partial charge < -0.3 is 9.47 Å². The SMILES string of the molecule is CCOC(=O)C1=CCCCC1S(=O)(=O)Nc1ccccc1OC(F)(F)F. The van der Waals surface area contributed by atoms with Crippen molar-refractivity contribution < 1.29 is 35.9 Å². The van der Waals surface area contributed by atoms with E-state index in [4.69, 9.17) is 4.74 Å². The lowest BCUT2D eigenvalue weighted by molar-refractivity contribution is -0.274. The minimum Gasteiger partial charge on any atom is -0.463 e. The second-order valence-electron chi connectivity index (χ2n) is 5.49. The second kappa shape index (κ2) is 7.98. The molecule has 0 radical (unpaired) electrons. The van der Waals surface area contributed by atoms with E-state index in [1.165, 1.54) is 18.2 Å². The van der Waals surface area contributed by atoms with Crippen molar-refractivity contribution in [1.29, 1.82) is 0 Å². The zero-order chi connectivity index (χ0) is 19.4. The molecule has 1 atom stereocenters. The number of allylic oxidation sites excluding steroid dienone is 1. The quantitative estimate of drug-likeness (QED) is 0.750. The molecule has 0 saturated carbocycles. The van der Waals surface area contributed by atoms with Gasteiger partial charge in [-0.25, -0.2) is 13.2 Å². The first-order chi connectivity index (χ1) is 12.1. The van der Waals surface area contributed by atoms with E-state index in [1.54, 1.807) is 6.92 Å². The van der Waals surface area contributed by atoms with E-state index in [9.17, 15) is 26.4 Å². The van der Waals surface area contributed by atoms with E-state index < -0.39 is 33.4 Å². The molecule has 1 aliphatic rings. The fourth-order valence-corrected chi connectivity index (χ4v) is 4.21. The Kier molecular flexibility index (Phi) is 6.17. The zero-order valence-electron chi connectivity index (χ0n) is 13.9. The number of nitrogens with one attached hydrogen (secondary N) is 1. The van der Waals surface area contributed by atoms with Gasteiger partial charge in [0.2, 0.25) is 10.0 Å². The molecule has 0 saturated heterocycles. The maximum absolute atomic E-state index is 12.7. The maximum Gasteiger partial charge on any atom is 0.573 e. The van der Waals surface area contributed by atoms with Crippen molar-refractivity contribution >= 4 is 21.7 Å². The fraction of sp³-hybridized carbons (Fsp3) is 0.438. The fourth-order valence-electron chi connectivity index (χ4n) is 2.59. The third kappa shape index (κ3) is 5.13. The molecule has 1 aliphatic carbocycles. The summed E-state index contributed by atoms with van der Waals surface area (Å²) in [5.41, 5.74) is -0.376. The molecular formula is C16H18F3NO5S. The van der Waals surface area contributed by atoms with Crippen LogP contribution in [0.2, 0.25) is 0 Å². The Morgan fingerprint density at radius 3 is 2.65 bits per heavy atom. The Morgan fingerprint density at radius 2 is 2.00 bits per heavy atom. The highest BCUT2D eigenvalue weighted by atomic mass is 32.2. The number of para-hydroxylation sites is 2. The van der Waals surface area contributed by atoms with Crippen LogP contribution in [-0.4, -0.2) is 32.6 Å². The number of carbonyl (C=O) groups is 1. The summed E-state index contributed by atoms with van der Waals surface area (Å²) in [6, 6.07) is 4.79. The Morgan fingerprint density at radius 1 is 1.31 bits per heavy atom. The average Bonchev–Trinajstić information content (AvgIpc) is 2.55. The number of esters is 1. The molecule has 1 unspecified atom stereocenters. The molecule has 0 amide bonds. The van der Waals surface area contributed by atoms with Crippen molar-refractivity contribution in [3.8, 4) is 5.75 Å². The van der Waals surface area contributed by atoms with Gasteiger partial charge >= 0.3 is 12.3 Å². The van der Waals surface area contributed by atoms with Crippen LogP contribution in [0.4, 0.5) is 18.9 Å². The molecule has 6 nitrogen and oxygen atoms in total. The van der Waals surface area contributed by atoms with Crippen LogP contribution in [0.25, 0.3) is 0 Å². The third-order valence-corrected chi connectivity index (χ3v) is 5.38. The summed E-state index contributed by atoms with van der Waals surface area (Å²) < 4.78 is 73.7. The molecule has 1 N–H and O–H groups in total. The number of rotatable bonds is 6. The van der Waals surface area contributed by atoms with Crippen molar-refractivity contribution in [3.05, 3.63) is 35.9 Å². The van der Waals surface area contributed by atoms with Gasteiger partial charge in [-0.15, -0.1) is 13.2 Å². The van der Waals surface area contributed by atoms with Crippen molar-refractivity contribution in [1.82, 2.24) is 0 Å². The van der Waals surface area contributed by atoms with E-state index in [0.29, 0.717) is 12.8 Å². The lowest BCUT2D eigenvalue weighted by atomic mass is 9.99. The number of hydrogen-bond donors (Lipinski definition) is 1. The monoisotopic (exact) mass is 393 g/mol. The predicted molar refractivity (Wildman–Crippen MR) is 88.0 cm³/mol. The van der Waals surface area contributed by atoms with Gasteiger partial charge in [0.1, 0.15) is 5.25 Å². The summed E-state index contributed by atoms with van der Waals surface area (Å²) >= 11 is 0. The third-order valence-electron chi connectivity index (χ3n) is 3.63. The van der Waals surface area contributed by atoms with Crippen molar-refractivity contribution in [3.63, 3.8) is 0 Å². The summed E-state index contributed by atoms with van der Waals surface area (Å²) in [4.78, 5) is 12.0. The second-order valence-corrected chi connectivity index (χ2v) is 7.35. The van der Waals surface area contributed by atoms with Crippen molar-refractivity contribution in [2.24, 2.45) is 0 Å². The maximum atomic E-state index is 12.7. The van der Waals surface area contributed by atoms with Crippen LogP contribution in [0.15, 0.2) is 35.9 Å². The molecule has 26 heavy (non-hydrogen) atoms. The molecule has 1 aromatic rings. The van der Waals surface area contributed by atoms with E-state index in [2.05, 4.69) is 9.46 Å². The van der Waals surface area contributed by atoms with Gasteiger partial charge in [-0.2, -0.15) is 0 Å². The molecular weight excluding hydrogens is 375 g/mol. The van der Waals surface area contributed by atoms with Gasteiger partial charge in [-0.1, -0.05) is 18.2 Å². The molecule has 0 aromatic heterocycles. The van der Waals surface area contributed by atoms with Crippen LogP contribution in [0.3, 0.4) is 0 Å². The molecule has 2 rings (SSSR count). The molecule has 10 heteroatoms. The molecule has 0 aliphatic heterocycles. The smallest absolute Gasteiger partial charge is 0.463 e. The highest BCUT2D eigenvalue weighted by Gasteiger charge is 2.37. The van der Waals surface area contributed by atoms with E-state index in [1.807, 2.05) is 0 Å². The van der Waals surface area contributed by atoms with E-state index >= 15 is 0 Å². The number of halogens is 3. The van der Waals surface area contributed by atoms with Crippen LogP contribution < -0.4 is 9.46 Å². The van der Waals surface area contributed by atoms with Gasteiger partial charge in [0.15, 0.2) is 5.75 Å². The number of benzene rings is 1. The highest BCUT2D eigenvalue weighted by Crippen LogP contribution is 2.33. The van der Waals surface area contributed by atoms with Crippen LogP contribution in [0.5, 0.6) is 5.75 Å². The van der Waals surface area contributed by atoms with Crippen molar-refractivity contribution in [2.45, 2.75) is 37.8 Å². The summed E-state index contributed by atoms with van der Waals surface area (Å²) in [5, 5.41) is -1.21. The summed E-state index contributed by atoms with van der Waals surface area (Å²) in [6.07, 6.45) is -2.28. The Bertz CT molecular complexity index is 789. The number of sulfonamides is 1. The van der Waals surface area contributed by atoms with Gasteiger partial charge in [-0.05, 0) is 38.3 Å². The lowest BCUT2D eigenvalue weighted by Crippen LogP contribution is -2.35. The molecule has 0 spiro atoms. The van der Waals surface area contributed by atoms with E-state index in [0.717, 1.165) is 12.1 Å². The van der Waals surface area contributed by atoms with Gasteiger partial charge in [-0.3, -0.25) is 4.72 Å². The highest BCUT2D eigenvalue weighted by molar-refractivity contribution is 7.93. The first-order valence-corrected chi connectivity index (χ1v) is 9.42. The predicted octanol–water partition coefficient (Wildman–Crippen LogP) is 3.37. The average molecular weight is 393 g/mol. The summed E-state index contributed by atoms with van der Waals surface area (Å²) in [7, 11) is -4.19. The number of hydrogen-bond acceptors (Lipinski definition) is 5. The van der Waals surface area contributed by atoms with E-state index in [-0.39, 0.29) is 24.3 Å². The van der Waals surface area contributed by atoms with Gasteiger partial charge in [0.25, 0.3) is 0 Å².